The molecular weight excluding hydrogens is 346 g/mol. The summed E-state index contributed by atoms with van der Waals surface area (Å²) in [6.45, 7) is 5.87. The molecule has 1 unspecified atom stereocenters. The minimum Gasteiger partial charge on any atom is -0.336 e. The fraction of sp³-hybridized carbons (Fsp3) is 0.579. The van der Waals surface area contributed by atoms with Crippen LogP contribution in [0.2, 0.25) is 0 Å². The van der Waals surface area contributed by atoms with Crippen molar-refractivity contribution in [2.45, 2.75) is 52.4 Å². The standard InChI is InChI=1S/C19H23N5OS/c1-11-6-7-14-13(10-11)15-17-21-16(19(25)23-8-4-3-5-9-23)22-24(17)12(2)20-18(15)26-14/h11H,3-10H2,1-2H3. The maximum absolute atomic E-state index is 12.9. The number of carbonyl (C=O) groups excluding carboxylic acids is 1. The molecule has 1 aliphatic heterocycles. The number of nitrogens with zero attached hydrogens (tertiary/aromatic N) is 5. The van der Waals surface area contributed by atoms with Crippen molar-refractivity contribution >= 4 is 33.1 Å². The lowest BCUT2D eigenvalue weighted by atomic mass is 9.89. The van der Waals surface area contributed by atoms with Crippen molar-refractivity contribution in [2.24, 2.45) is 5.92 Å². The first-order chi connectivity index (χ1) is 12.6. The Hall–Kier alpha value is -2.02. The first-order valence-corrected chi connectivity index (χ1v) is 10.4. The number of aromatic nitrogens is 4. The lowest BCUT2D eigenvalue weighted by molar-refractivity contribution is 0.0712. The molecule has 7 heteroatoms. The molecule has 0 radical (unpaired) electrons. The lowest BCUT2D eigenvalue weighted by Crippen LogP contribution is -2.36. The summed E-state index contributed by atoms with van der Waals surface area (Å²) in [5, 5.41) is 5.66. The van der Waals surface area contributed by atoms with Crippen molar-refractivity contribution < 1.29 is 4.79 Å². The summed E-state index contributed by atoms with van der Waals surface area (Å²) in [5.74, 6) is 1.75. The molecule has 3 aromatic heterocycles. The molecule has 2 aliphatic rings. The number of likely N-dealkylation sites (tertiary alicyclic amines) is 1. The molecule has 26 heavy (non-hydrogen) atoms. The summed E-state index contributed by atoms with van der Waals surface area (Å²) >= 11 is 1.79. The molecule has 1 amide bonds. The molecule has 136 valence electrons. The van der Waals surface area contributed by atoms with Crippen LogP contribution in [0.1, 0.15) is 59.5 Å². The van der Waals surface area contributed by atoms with E-state index in [0.29, 0.717) is 11.7 Å². The van der Waals surface area contributed by atoms with E-state index >= 15 is 0 Å². The van der Waals surface area contributed by atoms with E-state index in [0.717, 1.165) is 60.5 Å². The maximum Gasteiger partial charge on any atom is 0.293 e. The van der Waals surface area contributed by atoms with Crippen LogP contribution in [-0.4, -0.2) is 43.5 Å². The van der Waals surface area contributed by atoms with Crippen molar-refractivity contribution in [3.05, 3.63) is 22.1 Å². The third kappa shape index (κ3) is 2.44. The van der Waals surface area contributed by atoms with Gasteiger partial charge in [-0.3, -0.25) is 4.79 Å². The van der Waals surface area contributed by atoms with E-state index in [2.05, 4.69) is 12.0 Å². The molecule has 1 atom stereocenters. The number of piperidine rings is 1. The Kier molecular flexibility index (Phi) is 3.74. The second kappa shape index (κ2) is 6.01. The van der Waals surface area contributed by atoms with Crippen molar-refractivity contribution in [1.82, 2.24) is 24.5 Å². The van der Waals surface area contributed by atoms with Crippen LogP contribution < -0.4 is 0 Å². The van der Waals surface area contributed by atoms with Gasteiger partial charge in [0.1, 0.15) is 10.7 Å². The third-order valence-electron chi connectivity index (χ3n) is 5.72. The predicted octanol–water partition coefficient (Wildman–Crippen LogP) is 3.40. The lowest BCUT2D eigenvalue weighted by Gasteiger charge is -2.25. The van der Waals surface area contributed by atoms with Gasteiger partial charge in [0.2, 0.25) is 5.82 Å². The normalized spacial score (nSPS) is 20.7. The van der Waals surface area contributed by atoms with Gasteiger partial charge in [-0.2, -0.15) is 4.52 Å². The quantitative estimate of drug-likeness (QED) is 0.659. The van der Waals surface area contributed by atoms with Crippen molar-refractivity contribution in [1.29, 1.82) is 0 Å². The van der Waals surface area contributed by atoms with Crippen LogP contribution in [0.25, 0.3) is 15.9 Å². The Bertz CT molecular complexity index is 1010. The van der Waals surface area contributed by atoms with Gasteiger partial charge in [-0.1, -0.05) is 6.92 Å². The highest BCUT2D eigenvalue weighted by atomic mass is 32.1. The van der Waals surface area contributed by atoms with Crippen LogP contribution in [0.4, 0.5) is 0 Å². The smallest absolute Gasteiger partial charge is 0.293 e. The molecule has 4 heterocycles. The van der Waals surface area contributed by atoms with Gasteiger partial charge in [0.05, 0.1) is 5.39 Å². The highest BCUT2D eigenvalue weighted by Gasteiger charge is 2.27. The topological polar surface area (TPSA) is 63.4 Å². The third-order valence-corrected chi connectivity index (χ3v) is 6.91. The van der Waals surface area contributed by atoms with Crippen molar-refractivity contribution in [3.8, 4) is 0 Å². The monoisotopic (exact) mass is 369 g/mol. The summed E-state index contributed by atoms with van der Waals surface area (Å²) in [6.07, 6.45) is 6.76. The number of rotatable bonds is 1. The first kappa shape index (κ1) is 16.2. The maximum atomic E-state index is 12.9. The van der Waals surface area contributed by atoms with E-state index in [-0.39, 0.29) is 5.91 Å². The Morgan fingerprint density at radius 3 is 2.81 bits per heavy atom. The zero-order valence-corrected chi connectivity index (χ0v) is 16.1. The summed E-state index contributed by atoms with van der Waals surface area (Å²) in [4.78, 5) is 26.7. The fourth-order valence-electron chi connectivity index (χ4n) is 4.28. The first-order valence-electron chi connectivity index (χ1n) is 9.58. The van der Waals surface area contributed by atoms with Crippen LogP contribution in [0, 0.1) is 12.8 Å². The van der Waals surface area contributed by atoms with Crippen LogP contribution in [0.15, 0.2) is 0 Å². The molecule has 3 aromatic rings. The van der Waals surface area contributed by atoms with E-state index in [4.69, 9.17) is 9.97 Å². The SMILES string of the molecule is Cc1nc2sc3c(c2c2nc(C(=O)N4CCCCC4)nn12)CC(C)CC3. The van der Waals surface area contributed by atoms with Crippen LogP contribution in [0.3, 0.4) is 0 Å². The number of fused-ring (bicyclic) bond motifs is 5. The van der Waals surface area contributed by atoms with Gasteiger partial charge in [0, 0.05) is 18.0 Å². The van der Waals surface area contributed by atoms with Gasteiger partial charge in [-0.25, -0.2) is 9.97 Å². The summed E-state index contributed by atoms with van der Waals surface area (Å²) in [7, 11) is 0. The Morgan fingerprint density at radius 1 is 1.19 bits per heavy atom. The molecule has 0 N–H and O–H groups in total. The van der Waals surface area contributed by atoms with Gasteiger partial charge >= 0.3 is 0 Å². The molecule has 1 aliphatic carbocycles. The zero-order chi connectivity index (χ0) is 17.8. The molecule has 5 rings (SSSR count). The second-order valence-corrected chi connectivity index (χ2v) is 8.80. The Balaban J connectivity index is 1.67. The van der Waals surface area contributed by atoms with E-state index in [1.165, 1.54) is 23.3 Å². The van der Waals surface area contributed by atoms with Gasteiger partial charge in [0.15, 0.2) is 5.65 Å². The van der Waals surface area contributed by atoms with Gasteiger partial charge < -0.3 is 4.90 Å². The fourth-order valence-corrected chi connectivity index (χ4v) is 5.53. The van der Waals surface area contributed by atoms with E-state index in [1.807, 2.05) is 11.8 Å². The largest absolute Gasteiger partial charge is 0.336 e. The molecule has 0 bridgehead atoms. The number of hydrogen-bond donors (Lipinski definition) is 0. The van der Waals surface area contributed by atoms with Gasteiger partial charge in [0.25, 0.3) is 5.91 Å². The number of amides is 1. The summed E-state index contributed by atoms with van der Waals surface area (Å²) in [5.41, 5.74) is 2.19. The van der Waals surface area contributed by atoms with Crippen molar-refractivity contribution in [2.75, 3.05) is 13.1 Å². The molecule has 6 nitrogen and oxygen atoms in total. The average Bonchev–Trinajstić information content (AvgIpc) is 3.23. The predicted molar refractivity (Wildman–Crippen MR) is 102 cm³/mol. The number of aryl methyl sites for hydroxylation is 2. The number of hydrogen-bond acceptors (Lipinski definition) is 5. The molecule has 0 spiro atoms. The molecule has 1 saturated heterocycles. The van der Waals surface area contributed by atoms with Gasteiger partial charge in [-0.05, 0) is 56.9 Å². The average molecular weight is 369 g/mol. The van der Waals surface area contributed by atoms with Crippen LogP contribution in [0.5, 0.6) is 0 Å². The van der Waals surface area contributed by atoms with E-state index < -0.39 is 0 Å². The highest BCUT2D eigenvalue weighted by Crippen LogP contribution is 2.39. The second-order valence-electron chi connectivity index (χ2n) is 7.71. The van der Waals surface area contributed by atoms with E-state index in [1.54, 1.807) is 15.9 Å². The van der Waals surface area contributed by atoms with Crippen LogP contribution >= 0.6 is 11.3 Å². The minimum absolute atomic E-state index is 0.0431. The Morgan fingerprint density at radius 2 is 2.00 bits per heavy atom. The highest BCUT2D eigenvalue weighted by molar-refractivity contribution is 7.19. The summed E-state index contributed by atoms with van der Waals surface area (Å²) < 4.78 is 1.77. The molecule has 0 aromatic carbocycles. The zero-order valence-electron chi connectivity index (χ0n) is 15.3. The Labute approximate surface area is 156 Å². The minimum atomic E-state index is -0.0431. The molecule has 0 saturated carbocycles. The number of thiophene rings is 1. The van der Waals surface area contributed by atoms with Crippen LogP contribution in [-0.2, 0) is 12.8 Å². The summed E-state index contributed by atoms with van der Waals surface area (Å²) in [6, 6.07) is 0. The van der Waals surface area contributed by atoms with E-state index in [9.17, 15) is 4.79 Å². The van der Waals surface area contributed by atoms with Crippen molar-refractivity contribution in [3.63, 3.8) is 0 Å². The van der Waals surface area contributed by atoms with Gasteiger partial charge in [-0.15, -0.1) is 16.4 Å². The number of carbonyl (C=O) groups is 1. The molecule has 1 fully saturated rings. The molecular formula is C19H23N5OS.